The van der Waals surface area contributed by atoms with E-state index in [1.54, 1.807) is 0 Å². The summed E-state index contributed by atoms with van der Waals surface area (Å²) in [5, 5.41) is 21.0. The van der Waals surface area contributed by atoms with Gasteiger partial charge in [-0.05, 0) is 17.7 Å². The number of benzene rings is 1. The Labute approximate surface area is 141 Å². The minimum atomic E-state index is -1.50. The van der Waals surface area contributed by atoms with Crippen LogP contribution in [0.1, 0.15) is 5.56 Å². The summed E-state index contributed by atoms with van der Waals surface area (Å²) < 4.78 is 9.24. The molecule has 9 nitrogen and oxygen atoms in total. The van der Waals surface area contributed by atoms with Crippen molar-refractivity contribution in [3.63, 3.8) is 0 Å². The maximum absolute atomic E-state index is 11.3. The summed E-state index contributed by atoms with van der Waals surface area (Å²) in [4.78, 5) is 31.8. The fourth-order valence-corrected chi connectivity index (χ4v) is 1.23. The minimum absolute atomic E-state index is 0. The van der Waals surface area contributed by atoms with E-state index in [2.05, 4.69) is 4.74 Å². The van der Waals surface area contributed by atoms with Gasteiger partial charge < -0.3 is 14.6 Å². The second-order valence-corrected chi connectivity index (χ2v) is 3.60. The summed E-state index contributed by atoms with van der Waals surface area (Å²) in [5.41, 5.74) is 0.443. The zero-order valence-corrected chi connectivity index (χ0v) is 10.4. The molecule has 0 heterocycles. The summed E-state index contributed by atoms with van der Waals surface area (Å²) in [6, 6.07) is 5.39. The molecule has 1 atom stereocenters. The number of amides is 1. The molecule has 0 radical (unpaired) electrons. The van der Waals surface area contributed by atoms with Crippen LogP contribution in [0.2, 0.25) is 0 Å². The van der Waals surface area contributed by atoms with E-state index < -0.39 is 23.2 Å². The predicted molar refractivity (Wildman–Crippen MR) is 72.0 cm³/mol. The van der Waals surface area contributed by atoms with Crippen molar-refractivity contribution in [3.05, 3.63) is 39.9 Å². The molecule has 2 N–H and O–H groups in total. The van der Waals surface area contributed by atoms with Crippen molar-refractivity contribution in [1.29, 1.82) is 0 Å². The van der Waals surface area contributed by atoms with Crippen LogP contribution in [0.15, 0.2) is 24.3 Å². The molecule has 110 valence electrons. The van der Waals surface area contributed by atoms with Gasteiger partial charge in [0, 0.05) is 19.2 Å². The first-order valence-corrected chi connectivity index (χ1v) is 5.36. The number of aliphatic carboxylic acids is 1. The third kappa shape index (κ3) is 6.54. The third-order valence-corrected chi connectivity index (χ3v) is 2.23. The number of methoxy groups -OCH3 is 1. The van der Waals surface area contributed by atoms with Gasteiger partial charge in [0.05, 0.1) is 4.92 Å². The standard InChI is InChI=1S/C11H12N2O7.Na.H/c1-19-9(10(14)15)12-11(16)20-6-7-2-4-8(5-3-7)13(17)18;;/h2-5,9H,6H2,1H3,(H,12,16)(H,14,15);;. The van der Waals surface area contributed by atoms with Crippen LogP contribution >= 0.6 is 0 Å². The number of rotatable bonds is 6. The van der Waals surface area contributed by atoms with E-state index in [9.17, 15) is 19.7 Å². The van der Waals surface area contributed by atoms with E-state index in [-0.39, 0.29) is 41.9 Å². The Balaban J connectivity index is 0.00000400. The van der Waals surface area contributed by atoms with Crippen molar-refractivity contribution < 1.29 is 29.1 Å². The number of alkyl carbamates (subject to hydrolysis) is 1. The number of non-ortho nitro benzene ring substituents is 1. The van der Waals surface area contributed by atoms with Crippen molar-refractivity contribution in [2.24, 2.45) is 0 Å². The number of nitrogens with zero attached hydrogens (tertiary/aromatic N) is 1. The number of carbonyl (C=O) groups is 2. The Hall–Kier alpha value is -1.68. The molecule has 0 spiro atoms. The van der Waals surface area contributed by atoms with Crippen LogP contribution in [0.25, 0.3) is 0 Å². The number of nitro benzene ring substituents is 1. The Kier molecular flexibility index (Phi) is 8.55. The molecule has 0 saturated carbocycles. The molecule has 0 bridgehead atoms. The van der Waals surface area contributed by atoms with E-state index in [0.29, 0.717) is 5.56 Å². The monoisotopic (exact) mass is 308 g/mol. The summed E-state index contributed by atoms with van der Waals surface area (Å²) in [5.74, 6) is -1.36. The Morgan fingerprint density at radius 2 is 1.95 bits per heavy atom. The first kappa shape index (κ1) is 19.3. The van der Waals surface area contributed by atoms with Gasteiger partial charge in [-0.3, -0.25) is 15.4 Å². The molecule has 1 unspecified atom stereocenters. The number of carbonyl (C=O) groups excluding carboxylic acids is 1. The topological polar surface area (TPSA) is 128 Å². The fraction of sp³-hybridized carbons (Fsp3) is 0.273. The van der Waals surface area contributed by atoms with Crippen LogP contribution in [0.3, 0.4) is 0 Å². The van der Waals surface area contributed by atoms with Crippen LogP contribution in [0, 0.1) is 10.1 Å². The second kappa shape index (κ2) is 9.29. The average Bonchev–Trinajstić information content (AvgIpc) is 2.42. The van der Waals surface area contributed by atoms with Crippen LogP contribution in [0.5, 0.6) is 0 Å². The van der Waals surface area contributed by atoms with E-state index in [4.69, 9.17) is 9.84 Å². The molecule has 21 heavy (non-hydrogen) atoms. The van der Waals surface area contributed by atoms with Gasteiger partial charge in [0.15, 0.2) is 0 Å². The molecule has 0 aliphatic carbocycles. The molecule has 0 aliphatic heterocycles. The van der Waals surface area contributed by atoms with Crippen LogP contribution < -0.4 is 5.32 Å². The molecule has 1 aromatic rings. The summed E-state index contributed by atoms with van der Waals surface area (Å²) in [6.45, 7) is -0.153. The average molecular weight is 308 g/mol. The van der Waals surface area contributed by atoms with E-state index in [1.807, 2.05) is 5.32 Å². The van der Waals surface area contributed by atoms with Crippen molar-refractivity contribution in [3.8, 4) is 0 Å². The maximum atomic E-state index is 11.3. The van der Waals surface area contributed by atoms with Crippen LogP contribution in [-0.4, -0.2) is 65.0 Å². The molecular weight excluding hydrogens is 295 g/mol. The Morgan fingerprint density at radius 3 is 2.38 bits per heavy atom. The molecule has 0 fully saturated rings. The Bertz CT molecular complexity index is 506. The molecule has 1 amide bonds. The molecule has 10 heteroatoms. The van der Waals surface area contributed by atoms with Crippen LogP contribution in [0.4, 0.5) is 10.5 Å². The molecule has 0 aromatic heterocycles. The zero-order valence-electron chi connectivity index (χ0n) is 10.4. The SMILES string of the molecule is COC(NC(=O)OCc1ccc([N+](=O)[O-])cc1)C(=O)O.[NaH]. The number of nitrogens with one attached hydrogen (secondary N) is 1. The van der Waals surface area contributed by atoms with Gasteiger partial charge in [-0.1, -0.05) is 0 Å². The molecule has 0 saturated heterocycles. The fourth-order valence-electron chi connectivity index (χ4n) is 1.23. The van der Waals surface area contributed by atoms with Crippen molar-refractivity contribution in [2.75, 3.05) is 7.11 Å². The quantitative estimate of drug-likeness (QED) is 0.333. The number of ether oxygens (including phenoxy) is 2. The van der Waals surface area contributed by atoms with E-state index in [0.717, 1.165) is 7.11 Å². The van der Waals surface area contributed by atoms with Gasteiger partial charge in [0.1, 0.15) is 6.61 Å². The number of hydrogen-bond donors (Lipinski definition) is 2. The summed E-state index contributed by atoms with van der Waals surface area (Å²) >= 11 is 0. The van der Waals surface area contributed by atoms with E-state index in [1.165, 1.54) is 24.3 Å². The van der Waals surface area contributed by atoms with Crippen molar-refractivity contribution in [1.82, 2.24) is 5.32 Å². The predicted octanol–water partition coefficient (Wildman–Crippen LogP) is 0.230. The van der Waals surface area contributed by atoms with Gasteiger partial charge >= 0.3 is 41.6 Å². The second-order valence-electron chi connectivity index (χ2n) is 3.60. The Morgan fingerprint density at radius 1 is 1.38 bits per heavy atom. The molecule has 1 rings (SSSR count). The number of carboxylic acids is 1. The summed E-state index contributed by atoms with van der Waals surface area (Å²) in [7, 11) is 1.12. The van der Waals surface area contributed by atoms with Crippen molar-refractivity contribution in [2.45, 2.75) is 12.8 Å². The molecular formula is C11H13N2NaO7. The van der Waals surface area contributed by atoms with Gasteiger partial charge in [-0.2, -0.15) is 0 Å². The van der Waals surface area contributed by atoms with Gasteiger partial charge in [-0.25, -0.2) is 9.59 Å². The normalized spacial score (nSPS) is 10.9. The zero-order chi connectivity index (χ0) is 15.1. The number of carboxylic acid groups (broad SMARTS) is 1. The molecule has 1 aromatic carbocycles. The number of hydrogen-bond acceptors (Lipinski definition) is 6. The third-order valence-electron chi connectivity index (χ3n) is 2.23. The van der Waals surface area contributed by atoms with E-state index >= 15 is 0 Å². The summed E-state index contributed by atoms with van der Waals surface area (Å²) in [6.07, 6.45) is -2.48. The molecule has 0 aliphatic rings. The van der Waals surface area contributed by atoms with Crippen LogP contribution in [-0.2, 0) is 20.9 Å². The first-order chi connectivity index (χ1) is 9.43. The van der Waals surface area contributed by atoms with Gasteiger partial charge in [-0.15, -0.1) is 0 Å². The van der Waals surface area contributed by atoms with Gasteiger partial charge in [0.2, 0.25) is 6.23 Å². The number of nitro groups is 1. The van der Waals surface area contributed by atoms with Gasteiger partial charge in [0.25, 0.3) is 5.69 Å². The first-order valence-electron chi connectivity index (χ1n) is 5.36. The van der Waals surface area contributed by atoms with Crippen molar-refractivity contribution >= 4 is 47.3 Å².